The molecule has 1 rings (SSSR count). The number of amides is 3. The van der Waals surface area contributed by atoms with Gasteiger partial charge in [0.05, 0.1) is 17.5 Å². The largest absolute Gasteiger partial charge is 0.369 e. The SMILES string of the molecule is CCC.CCCC[C@H](/C=C/CNC(=O)[C@@H](N)CCCCNC(=O)c1cccnc1)C(N)=O. The molecule has 0 bridgehead atoms. The van der Waals surface area contributed by atoms with Crippen molar-refractivity contribution in [2.45, 2.75) is 71.8 Å². The summed E-state index contributed by atoms with van der Waals surface area (Å²) in [4.78, 5) is 39.2. The number of pyridine rings is 1. The second kappa shape index (κ2) is 19.0. The van der Waals surface area contributed by atoms with Crippen molar-refractivity contribution in [2.24, 2.45) is 17.4 Å². The summed E-state index contributed by atoms with van der Waals surface area (Å²) in [7, 11) is 0. The minimum Gasteiger partial charge on any atom is -0.369 e. The Morgan fingerprint density at radius 3 is 2.41 bits per heavy atom. The van der Waals surface area contributed by atoms with Gasteiger partial charge >= 0.3 is 0 Å². The number of hydrogen-bond acceptors (Lipinski definition) is 5. The summed E-state index contributed by atoms with van der Waals surface area (Å²) in [5.41, 5.74) is 11.8. The number of carbonyl (C=O) groups is 3. The van der Waals surface area contributed by atoms with Crippen LogP contribution in [-0.4, -0.2) is 41.8 Å². The molecule has 8 heteroatoms. The number of nitrogens with one attached hydrogen (secondary N) is 2. The van der Waals surface area contributed by atoms with Crippen LogP contribution in [-0.2, 0) is 9.59 Å². The van der Waals surface area contributed by atoms with E-state index in [1.54, 1.807) is 30.5 Å². The maximum Gasteiger partial charge on any atom is 0.252 e. The van der Waals surface area contributed by atoms with Gasteiger partial charge in [0, 0.05) is 25.5 Å². The fourth-order valence-electron chi connectivity index (χ4n) is 2.70. The average Bonchev–Trinajstić information content (AvgIpc) is 2.78. The molecular weight excluding hydrogens is 406 g/mol. The van der Waals surface area contributed by atoms with Gasteiger partial charge in [-0.2, -0.15) is 0 Å². The summed E-state index contributed by atoms with van der Waals surface area (Å²) in [5, 5.41) is 5.54. The van der Waals surface area contributed by atoms with Crippen LogP contribution in [0.15, 0.2) is 36.7 Å². The van der Waals surface area contributed by atoms with Gasteiger partial charge in [0.1, 0.15) is 0 Å². The molecular formula is C24H41N5O3. The zero-order valence-electron chi connectivity index (χ0n) is 19.8. The van der Waals surface area contributed by atoms with E-state index in [2.05, 4.69) is 36.4 Å². The molecule has 0 aromatic carbocycles. The van der Waals surface area contributed by atoms with Crippen molar-refractivity contribution in [2.75, 3.05) is 13.1 Å². The van der Waals surface area contributed by atoms with Crippen LogP contribution in [0.25, 0.3) is 0 Å². The molecule has 2 atom stereocenters. The van der Waals surface area contributed by atoms with Crippen LogP contribution in [0, 0.1) is 5.92 Å². The van der Waals surface area contributed by atoms with Crippen LogP contribution in [0.2, 0.25) is 0 Å². The number of rotatable bonds is 14. The first-order valence-corrected chi connectivity index (χ1v) is 11.5. The lowest BCUT2D eigenvalue weighted by atomic mass is 10.0. The summed E-state index contributed by atoms with van der Waals surface area (Å²) in [6.45, 7) is 7.12. The third-order valence-corrected chi connectivity index (χ3v) is 4.48. The molecule has 0 unspecified atom stereocenters. The lowest BCUT2D eigenvalue weighted by Gasteiger charge is -2.12. The molecule has 6 N–H and O–H groups in total. The standard InChI is InChI=1S/C21H33N5O3.C3H8/c1-2-3-8-16(19(23)27)9-7-14-26-21(29)18(22)11-4-5-13-25-20(28)17-10-6-12-24-15-17;1-3-2/h6-7,9-10,12,15-16,18H,2-5,8,11,13-14,22H2,1H3,(H2,23,27)(H,25,28)(H,26,29);3H2,1-2H3/b9-7+;/t16-,18+;/m1./s1. The first kappa shape index (κ1) is 29.3. The highest BCUT2D eigenvalue weighted by atomic mass is 16.2. The molecule has 3 amide bonds. The smallest absolute Gasteiger partial charge is 0.252 e. The second-order valence-electron chi connectivity index (χ2n) is 7.63. The molecule has 32 heavy (non-hydrogen) atoms. The summed E-state index contributed by atoms with van der Waals surface area (Å²) >= 11 is 0. The predicted molar refractivity (Wildman–Crippen MR) is 129 cm³/mol. The summed E-state index contributed by atoms with van der Waals surface area (Å²) in [6, 6.07) is 2.80. The Kier molecular flexibility index (Phi) is 17.4. The van der Waals surface area contributed by atoms with Crippen molar-refractivity contribution >= 4 is 17.7 Å². The van der Waals surface area contributed by atoms with E-state index in [1.165, 1.54) is 12.6 Å². The Bertz CT molecular complexity index is 679. The van der Waals surface area contributed by atoms with Gasteiger partial charge in [-0.05, 0) is 37.8 Å². The van der Waals surface area contributed by atoms with Gasteiger partial charge in [-0.1, -0.05) is 52.2 Å². The average molecular weight is 448 g/mol. The van der Waals surface area contributed by atoms with Crippen LogP contribution in [0.4, 0.5) is 0 Å². The molecule has 0 saturated carbocycles. The molecule has 0 fully saturated rings. The van der Waals surface area contributed by atoms with E-state index < -0.39 is 6.04 Å². The third kappa shape index (κ3) is 14.3. The summed E-state index contributed by atoms with van der Waals surface area (Å²) in [5.74, 6) is -1.06. The lowest BCUT2D eigenvalue weighted by Crippen LogP contribution is -2.40. The van der Waals surface area contributed by atoms with Crippen LogP contribution in [0.1, 0.15) is 76.1 Å². The number of primary amides is 1. The number of hydrogen-bond donors (Lipinski definition) is 4. The minimum atomic E-state index is -0.607. The van der Waals surface area contributed by atoms with Crippen molar-refractivity contribution in [1.29, 1.82) is 0 Å². The highest BCUT2D eigenvalue weighted by Crippen LogP contribution is 2.09. The molecule has 0 aliphatic rings. The van der Waals surface area contributed by atoms with Gasteiger partial charge in [0.25, 0.3) is 5.91 Å². The first-order valence-electron chi connectivity index (χ1n) is 11.5. The Hall–Kier alpha value is -2.74. The van der Waals surface area contributed by atoms with Crippen molar-refractivity contribution in [3.63, 3.8) is 0 Å². The molecule has 1 aromatic rings. The molecule has 0 spiro atoms. The van der Waals surface area contributed by atoms with Crippen molar-refractivity contribution in [1.82, 2.24) is 15.6 Å². The highest BCUT2D eigenvalue weighted by molar-refractivity contribution is 5.93. The van der Waals surface area contributed by atoms with Gasteiger partial charge in [-0.25, -0.2) is 0 Å². The Labute approximate surface area is 192 Å². The van der Waals surface area contributed by atoms with Gasteiger partial charge in [0.15, 0.2) is 0 Å². The van der Waals surface area contributed by atoms with Crippen molar-refractivity contribution in [3.8, 4) is 0 Å². The highest BCUT2D eigenvalue weighted by Gasteiger charge is 2.13. The number of unbranched alkanes of at least 4 members (excludes halogenated alkanes) is 2. The maximum absolute atomic E-state index is 12.0. The van der Waals surface area contributed by atoms with E-state index in [1.807, 2.05) is 0 Å². The minimum absolute atomic E-state index is 0.167. The molecule has 0 aliphatic heterocycles. The molecule has 8 nitrogen and oxygen atoms in total. The Morgan fingerprint density at radius 2 is 1.81 bits per heavy atom. The Morgan fingerprint density at radius 1 is 1.09 bits per heavy atom. The molecule has 0 aliphatic carbocycles. The fourth-order valence-corrected chi connectivity index (χ4v) is 2.70. The molecule has 0 saturated heterocycles. The first-order chi connectivity index (χ1) is 15.4. The lowest BCUT2D eigenvalue weighted by molar-refractivity contribution is -0.122. The van der Waals surface area contributed by atoms with E-state index in [-0.39, 0.29) is 23.6 Å². The molecule has 180 valence electrons. The molecule has 0 radical (unpaired) electrons. The monoisotopic (exact) mass is 447 g/mol. The van der Waals surface area contributed by atoms with E-state index in [0.29, 0.717) is 31.5 Å². The zero-order chi connectivity index (χ0) is 24.2. The number of aromatic nitrogens is 1. The van der Waals surface area contributed by atoms with E-state index >= 15 is 0 Å². The number of nitrogens with two attached hydrogens (primary N) is 2. The molecule has 1 heterocycles. The maximum atomic E-state index is 12.0. The van der Waals surface area contributed by atoms with Crippen LogP contribution >= 0.6 is 0 Å². The van der Waals surface area contributed by atoms with E-state index in [0.717, 1.165) is 25.7 Å². The second-order valence-corrected chi connectivity index (χ2v) is 7.63. The molecule has 1 aromatic heterocycles. The number of nitrogens with zero attached hydrogens (tertiary/aromatic N) is 1. The normalized spacial score (nSPS) is 12.4. The zero-order valence-corrected chi connectivity index (χ0v) is 19.8. The predicted octanol–water partition coefficient (Wildman–Crippen LogP) is 2.69. The summed E-state index contributed by atoms with van der Waals surface area (Å²) < 4.78 is 0. The summed E-state index contributed by atoms with van der Waals surface area (Å²) in [6.07, 6.45) is 12.5. The van der Waals surface area contributed by atoms with E-state index in [4.69, 9.17) is 11.5 Å². The van der Waals surface area contributed by atoms with Crippen molar-refractivity contribution in [3.05, 3.63) is 42.2 Å². The van der Waals surface area contributed by atoms with Crippen LogP contribution < -0.4 is 22.1 Å². The van der Waals surface area contributed by atoms with Gasteiger partial charge in [-0.3, -0.25) is 19.4 Å². The Balaban J connectivity index is 0.00000302. The van der Waals surface area contributed by atoms with Crippen molar-refractivity contribution < 1.29 is 14.4 Å². The number of carbonyl (C=O) groups excluding carboxylic acids is 3. The van der Waals surface area contributed by atoms with Crippen LogP contribution in [0.3, 0.4) is 0 Å². The topological polar surface area (TPSA) is 140 Å². The van der Waals surface area contributed by atoms with Gasteiger partial charge < -0.3 is 22.1 Å². The fraction of sp³-hybridized carbons (Fsp3) is 0.583. The van der Waals surface area contributed by atoms with Crippen LogP contribution in [0.5, 0.6) is 0 Å². The third-order valence-electron chi connectivity index (χ3n) is 4.48. The van der Waals surface area contributed by atoms with E-state index in [9.17, 15) is 14.4 Å². The van der Waals surface area contributed by atoms with Gasteiger partial charge in [-0.15, -0.1) is 0 Å². The quantitative estimate of drug-likeness (QED) is 0.256. The van der Waals surface area contributed by atoms with Gasteiger partial charge in [0.2, 0.25) is 11.8 Å².